The van der Waals surface area contributed by atoms with Crippen LogP contribution in [0.1, 0.15) is 0 Å². The molecule has 6 nitrogen and oxygen atoms in total. The standard InChI is InChI=1S/C46H44As2O6/c1-5-17-39-35(13-1)36-14-2-6-18-40(36)47(39)43-21-9-11-23-45(43)53-33-31-51-29-27-49-25-26-50-28-30-52-32-34-54-46-24-12-10-22-44(46)48-41-19-7-3-15-37(41)38-16-4-8-20-42(38)48/h1-24H,25-34H2. The second-order valence-corrected chi connectivity index (χ2v) is 21.7. The Labute approximate surface area is 327 Å². The van der Waals surface area contributed by atoms with Gasteiger partial charge in [0.15, 0.2) is 0 Å². The summed E-state index contributed by atoms with van der Waals surface area (Å²) >= 11 is -3.40. The van der Waals surface area contributed by atoms with Gasteiger partial charge in [0.1, 0.15) is 0 Å². The number of rotatable bonds is 19. The average molecular weight is 843 g/mol. The Kier molecular flexibility index (Phi) is 12.6. The predicted molar refractivity (Wildman–Crippen MR) is 220 cm³/mol. The van der Waals surface area contributed by atoms with Crippen LogP contribution in [-0.4, -0.2) is 95.4 Å². The molecule has 0 N–H and O–H groups in total. The Morgan fingerprint density at radius 1 is 0.259 bits per heavy atom. The van der Waals surface area contributed by atoms with Gasteiger partial charge in [-0.3, -0.25) is 0 Å². The Balaban J connectivity index is 0.683. The van der Waals surface area contributed by atoms with Gasteiger partial charge >= 0.3 is 329 Å². The molecule has 0 bridgehead atoms. The van der Waals surface area contributed by atoms with Crippen LogP contribution < -0.4 is 35.6 Å². The molecule has 6 aromatic carbocycles. The van der Waals surface area contributed by atoms with Crippen molar-refractivity contribution in [2.75, 3.05) is 66.1 Å². The number of fused-ring (bicyclic) bond motifs is 6. The van der Waals surface area contributed by atoms with Gasteiger partial charge in [-0.25, -0.2) is 0 Å². The van der Waals surface area contributed by atoms with E-state index in [0.717, 1.165) is 11.5 Å². The van der Waals surface area contributed by atoms with Crippen molar-refractivity contribution in [2.45, 2.75) is 0 Å². The van der Waals surface area contributed by atoms with Gasteiger partial charge in [0.05, 0.1) is 0 Å². The topological polar surface area (TPSA) is 55.4 Å². The van der Waals surface area contributed by atoms with Crippen LogP contribution in [0.5, 0.6) is 11.5 Å². The van der Waals surface area contributed by atoms with E-state index in [0.29, 0.717) is 66.1 Å². The van der Waals surface area contributed by atoms with Crippen LogP contribution in [-0.2, 0) is 18.9 Å². The average Bonchev–Trinajstić information content (AvgIpc) is 3.74. The molecule has 8 rings (SSSR count). The molecule has 2 aliphatic rings. The SMILES string of the molecule is c1ccc([As]2c3ccccc3-c3ccccc32)c(OCCOCCOCCOCCOCCOc2ccccc2[As]2c3ccccc3-c3ccccc32)c1. The van der Waals surface area contributed by atoms with Crippen LogP contribution in [0.3, 0.4) is 0 Å². The van der Waals surface area contributed by atoms with Crippen molar-refractivity contribution in [2.24, 2.45) is 0 Å². The van der Waals surface area contributed by atoms with E-state index < -0.39 is 29.3 Å². The molecular weight excluding hydrogens is 798 g/mol. The zero-order valence-corrected chi connectivity index (χ0v) is 34.0. The van der Waals surface area contributed by atoms with Gasteiger partial charge in [0.2, 0.25) is 0 Å². The molecule has 274 valence electrons. The van der Waals surface area contributed by atoms with Crippen molar-refractivity contribution in [3.05, 3.63) is 146 Å². The van der Waals surface area contributed by atoms with Crippen LogP contribution >= 0.6 is 0 Å². The fourth-order valence-electron chi connectivity index (χ4n) is 7.07. The Morgan fingerprint density at radius 2 is 0.500 bits per heavy atom. The third kappa shape index (κ3) is 8.26. The Bertz CT molecular complexity index is 1910. The molecule has 0 radical (unpaired) electrons. The molecule has 0 saturated heterocycles. The molecule has 0 amide bonds. The fourth-order valence-corrected chi connectivity index (χ4v) is 18.5. The first-order valence-electron chi connectivity index (χ1n) is 18.6. The summed E-state index contributed by atoms with van der Waals surface area (Å²) < 4.78 is 44.1. The molecule has 0 aromatic heterocycles. The summed E-state index contributed by atoms with van der Waals surface area (Å²) in [6, 6.07) is 52.3. The minimum absolute atomic E-state index is 0.495. The van der Waals surface area contributed by atoms with Crippen molar-refractivity contribution in [1.29, 1.82) is 0 Å². The number of benzene rings is 6. The third-order valence-corrected chi connectivity index (χ3v) is 20.3. The van der Waals surface area contributed by atoms with Crippen LogP contribution in [0.15, 0.2) is 146 Å². The number of ether oxygens (including phenoxy) is 6. The second kappa shape index (κ2) is 18.5. The van der Waals surface area contributed by atoms with E-state index in [9.17, 15) is 0 Å². The van der Waals surface area contributed by atoms with Gasteiger partial charge in [-0.1, -0.05) is 0 Å². The molecule has 0 atom stereocenters. The summed E-state index contributed by atoms with van der Waals surface area (Å²) in [5, 5.41) is 0. The van der Waals surface area contributed by atoms with Gasteiger partial charge in [-0.2, -0.15) is 0 Å². The summed E-state index contributed by atoms with van der Waals surface area (Å²) in [5.41, 5.74) is 5.46. The molecule has 0 fully saturated rings. The quantitative estimate of drug-likeness (QED) is 0.0900. The maximum atomic E-state index is 6.29. The van der Waals surface area contributed by atoms with Crippen LogP contribution in [0, 0.1) is 0 Å². The monoisotopic (exact) mass is 842 g/mol. The predicted octanol–water partition coefficient (Wildman–Crippen LogP) is 4.20. The van der Waals surface area contributed by atoms with E-state index in [4.69, 9.17) is 28.4 Å². The van der Waals surface area contributed by atoms with Gasteiger partial charge in [-0.05, 0) is 0 Å². The second-order valence-electron chi connectivity index (χ2n) is 12.8. The van der Waals surface area contributed by atoms with E-state index >= 15 is 0 Å². The first-order chi connectivity index (χ1) is 26.9. The molecule has 6 aromatic rings. The van der Waals surface area contributed by atoms with Crippen LogP contribution in [0.25, 0.3) is 22.3 Å². The van der Waals surface area contributed by atoms with E-state index in [-0.39, 0.29) is 0 Å². The zero-order valence-electron chi connectivity index (χ0n) is 30.3. The van der Waals surface area contributed by atoms with Gasteiger partial charge in [0, 0.05) is 0 Å². The minimum atomic E-state index is -1.70. The zero-order chi connectivity index (χ0) is 36.4. The molecule has 2 aliphatic heterocycles. The van der Waals surface area contributed by atoms with Crippen molar-refractivity contribution < 1.29 is 28.4 Å². The molecule has 0 saturated carbocycles. The summed E-state index contributed by atoms with van der Waals surface area (Å²) in [4.78, 5) is 0. The summed E-state index contributed by atoms with van der Waals surface area (Å²) in [7, 11) is 0. The van der Waals surface area contributed by atoms with E-state index in [1.54, 1.807) is 0 Å². The van der Waals surface area contributed by atoms with Crippen molar-refractivity contribution in [3.63, 3.8) is 0 Å². The first kappa shape index (κ1) is 36.8. The number of para-hydroxylation sites is 2. The number of hydrogen-bond acceptors (Lipinski definition) is 6. The normalized spacial score (nSPS) is 13.0. The molecule has 8 heteroatoms. The number of hydrogen-bond donors (Lipinski definition) is 0. The Hall–Kier alpha value is -4.12. The molecule has 0 aliphatic carbocycles. The Morgan fingerprint density at radius 3 is 0.815 bits per heavy atom. The fraction of sp³-hybridized carbons (Fsp3) is 0.217. The van der Waals surface area contributed by atoms with E-state index in [2.05, 4.69) is 146 Å². The van der Waals surface area contributed by atoms with Crippen LogP contribution in [0.4, 0.5) is 0 Å². The third-order valence-electron chi connectivity index (χ3n) is 9.46. The molecular formula is C46H44As2O6. The summed E-state index contributed by atoms with van der Waals surface area (Å²) in [5.74, 6) is 1.92. The van der Waals surface area contributed by atoms with E-state index in [1.165, 1.54) is 48.4 Å². The molecule has 54 heavy (non-hydrogen) atoms. The van der Waals surface area contributed by atoms with Crippen molar-refractivity contribution in [3.8, 4) is 33.8 Å². The van der Waals surface area contributed by atoms with Gasteiger partial charge < -0.3 is 0 Å². The maximum absolute atomic E-state index is 6.29. The van der Waals surface area contributed by atoms with Gasteiger partial charge in [0.25, 0.3) is 0 Å². The molecule has 0 spiro atoms. The summed E-state index contributed by atoms with van der Waals surface area (Å²) in [6.07, 6.45) is 0. The molecule has 0 unspecified atom stereocenters. The molecule has 2 heterocycles. The van der Waals surface area contributed by atoms with Gasteiger partial charge in [-0.15, -0.1) is 0 Å². The van der Waals surface area contributed by atoms with E-state index in [1.807, 2.05) is 0 Å². The van der Waals surface area contributed by atoms with Crippen molar-refractivity contribution >= 4 is 55.4 Å². The van der Waals surface area contributed by atoms with Crippen LogP contribution in [0.2, 0.25) is 0 Å². The van der Waals surface area contributed by atoms with Crippen molar-refractivity contribution in [1.82, 2.24) is 0 Å². The summed E-state index contributed by atoms with van der Waals surface area (Å²) in [6.45, 7) is 5.08. The first-order valence-corrected chi connectivity index (χ1v) is 24.2.